The Morgan fingerprint density at radius 3 is 2.66 bits per heavy atom. The molecule has 2 amide bonds. The lowest BCUT2D eigenvalue weighted by Crippen LogP contribution is -2.25. The molecule has 35 heavy (non-hydrogen) atoms. The molecule has 0 aliphatic heterocycles. The van der Waals surface area contributed by atoms with Crippen molar-refractivity contribution in [2.24, 2.45) is 0 Å². The van der Waals surface area contributed by atoms with Crippen molar-refractivity contribution in [2.75, 3.05) is 26.1 Å². The summed E-state index contributed by atoms with van der Waals surface area (Å²) in [5.41, 5.74) is 2.65. The number of nitrogens with one attached hydrogen (secondary N) is 2. The number of hydrogen-bond acceptors (Lipinski definition) is 6. The van der Waals surface area contributed by atoms with Crippen LogP contribution in [0.5, 0.6) is 11.5 Å². The highest BCUT2D eigenvalue weighted by molar-refractivity contribution is 6.09. The molecule has 2 aromatic carbocycles. The first-order chi connectivity index (χ1) is 17.0. The second-order valence-electron chi connectivity index (χ2n) is 7.62. The average molecular weight is 472 g/mol. The maximum atomic E-state index is 12.9. The molecule has 9 nitrogen and oxygen atoms in total. The molecule has 0 aliphatic rings. The zero-order valence-corrected chi connectivity index (χ0v) is 19.4. The fourth-order valence-corrected chi connectivity index (χ4v) is 3.60. The van der Waals surface area contributed by atoms with E-state index in [1.54, 1.807) is 61.5 Å². The molecule has 9 heteroatoms. The number of pyridine rings is 1. The van der Waals surface area contributed by atoms with Crippen molar-refractivity contribution in [3.63, 3.8) is 0 Å². The molecule has 0 atom stereocenters. The Hall–Kier alpha value is -4.66. The van der Waals surface area contributed by atoms with E-state index in [1.165, 1.54) is 6.20 Å². The SMILES string of the molecule is C=CCNC(=O)c1ccccc1NC(=O)c1cnc2c(cnn2Cc2ccc(OC)cc2OC)c1. The van der Waals surface area contributed by atoms with Gasteiger partial charge >= 0.3 is 0 Å². The number of ether oxygens (including phenoxy) is 2. The van der Waals surface area contributed by atoms with Gasteiger partial charge in [0.15, 0.2) is 5.65 Å². The number of fused-ring (bicyclic) bond motifs is 1. The van der Waals surface area contributed by atoms with E-state index in [-0.39, 0.29) is 11.8 Å². The van der Waals surface area contributed by atoms with Crippen molar-refractivity contribution in [3.05, 3.63) is 90.3 Å². The molecular formula is C26H25N5O4. The molecule has 0 saturated carbocycles. The fourth-order valence-electron chi connectivity index (χ4n) is 3.60. The lowest BCUT2D eigenvalue weighted by molar-refractivity contribution is 0.0959. The molecule has 4 aromatic rings. The Morgan fingerprint density at radius 2 is 1.89 bits per heavy atom. The first kappa shape index (κ1) is 23.5. The molecular weight excluding hydrogens is 446 g/mol. The summed E-state index contributed by atoms with van der Waals surface area (Å²) in [6, 6.07) is 14.1. The van der Waals surface area contributed by atoms with Gasteiger partial charge in [-0.3, -0.25) is 9.59 Å². The van der Waals surface area contributed by atoms with Crippen LogP contribution in [-0.4, -0.2) is 47.3 Å². The van der Waals surface area contributed by atoms with Crippen molar-refractivity contribution < 1.29 is 19.1 Å². The zero-order valence-electron chi connectivity index (χ0n) is 19.4. The van der Waals surface area contributed by atoms with E-state index in [4.69, 9.17) is 9.47 Å². The average Bonchev–Trinajstić information content (AvgIpc) is 3.29. The van der Waals surface area contributed by atoms with Gasteiger partial charge in [0.25, 0.3) is 11.8 Å². The third-order valence-corrected chi connectivity index (χ3v) is 5.38. The van der Waals surface area contributed by atoms with Crippen molar-refractivity contribution in [1.82, 2.24) is 20.1 Å². The number of aromatic nitrogens is 3. The summed E-state index contributed by atoms with van der Waals surface area (Å²) in [5, 5.41) is 10.7. The van der Waals surface area contributed by atoms with Crippen molar-refractivity contribution in [3.8, 4) is 11.5 Å². The largest absolute Gasteiger partial charge is 0.497 e. The van der Waals surface area contributed by atoms with Crippen LogP contribution < -0.4 is 20.1 Å². The fraction of sp³-hybridized carbons (Fsp3) is 0.154. The van der Waals surface area contributed by atoms with Gasteiger partial charge in [-0.2, -0.15) is 5.10 Å². The van der Waals surface area contributed by atoms with Crippen molar-refractivity contribution in [2.45, 2.75) is 6.54 Å². The topological polar surface area (TPSA) is 107 Å². The summed E-state index contributed by atoms with van der Waals surface area (Å²) < 4.78 is 12.5. The lowest BCUT2D eigenvalue weighted by Gasteiger charge is -2.11. The summed E-state index contributed by atoms with van der Waals surface area (Å²) in [6.45, 7) is 4.35. The van der Waals surface area contributed by atoms with Gasteiger partial charge in [0.05, 0.1) is 43.8 Å². The minimum atomic E-state index is -0.382. The normalized spacial score (nSPS) is 10.6. The van der Waals surface area contributed by atoms with Crippen LogP contribution >= 0.6 is 0 Å². The van der Waals surface area contributed by atoms with Gasteiger partial charge in [-0.15, -0.1) is 6.58 Å². The maximum absolute atomic E-state index is 12.9. The van der Waals surface area contributed by atoms with Gasteiger partial charge in [0, 0.05) is 29.8 Å². The van der Waals surface area contributed by atoms with Gasteiger partial charge in [-0.05, 0) is 30.3 Å². The molecule has 2 aromatic heterocycles. The number of para-hydroxylation sites is 1. The highest BCUT2D eigenvalue weighted by Gasteiger charge is 2.16. The van der Waals surface area contributed by atoms with E-state index in [2.05, 4.69) is 27.3 Å². The number of nitrogens with zero attached hydrogens (tertiary/aromatic N) is 3. The van der Waals surface area contributed by atoms with E-state index < -0.39 is 0 Å². The molecule has 4 rings (SSSR count). The summed E-state index contributed by atoms with van der Waals surface area (Å²) in [6.07, 6.45) is 4.73. The first-order valence-corrected chi connectivity index (χ1v) is 10.9. The van der Waals surface area contributed by atoms with Crippen LogP contribution in [-0.2, 0) is 6.54 Å². The molecule has 2 heterocycles. The summed E-state index contributed by atoms with van der Waals surface area (Å²) in [7, 11) is 3.20. The monoisotopic (exact) mass is 471 g/mol. The van der Waals surface area contributed by atoms with E-state index >= 15 is 0 Å². The van der Waals surface area contributed by atoms with E-state index in [1.807, 2.05) is 18.2 Å². The predicted molar refractivity (Wildman–Crippen MR) is 133 cm³/mol. The molecule has 0 bridgehead atoms. The van der Waals surface area contributed by atoms with Gasteiger partial charge in [-0.1, -0.05) is 18.2 Å². The Labute approximate surface area is 202 Å². The standard InChI is InChI=1S/C26H25N5O4/c1-4-11-27-26(33)21-7-5-6-8-22(21)30-25(32)19-12-18-15-29-31(24(18)28-14-19)16-17-9-10-20(34-2)13-23(17)35-3/h4-10,12-15H,1,11,16H2,2-3H3,(H,27,33)(H,30,32). The molecule has 2 N–H and O–H groups in total. The minimum absolute atomic E-state index is 0.301. The molecule has 0 radical (unpaired) electrons. The van der Waals surface area contributed by atoms with E-state index in [9.17, 15) is 9.59 Å². The van der Waals surface area contributed by atoms with Gasteiger partial charge in [-0.25, -0.2) is 9.67 Å². The second kappa shape index (κ2) is 10.5. The summed E-state index contributed by atoms with van der Waals surface area (Å²) in [4.78, 5) is 29.8. The molecule has 178 valence electrons. The zero-order chi connectivity index (χ0) is 24.8. The summed E-state index contributed by atoms with van der Waals surface area (Å²) in [5.74, 6) is 0.696. The second-order valence-corrected chi connectivity index (χ2v) is 7.62. The van der Waals surface area contributed by atoms with Crippen LogP contribution in [0.2, 0.25) is 0 Å². The number of benzene rings is 2. The number of rotatable bonds is 9. The van der Waals surface area contributed by atoms with Crippen molar-refractivity contribution in [1.29, 1.82) is 0 Å². The van der Waals surface area contributed by atoms with Crippen LogP contribution in [0.1, 0.15) is 26.3 Å². The third kappa shape index (κ3) is 5.14. The maximum Gasteiger partial charge on any atom is 0.257 e. The Bertz CT molecular complexity index is 1400. The summed E-state index contributed by atoms with van der Waals surface area (Å²) >= 11 is 0. The number of carbonyl (C=O) groups is 2. The van der Waals surface area contributed by atoms with Gasteiger partial charge < -0.3 is 20.1 Å². The highest BCUT2D eigenvalue weighted by Crippen LogP contribution is 2.26. The Morgan fingerprint density at radius 1 is 1.06 bits per heavy atom. The first-order valence-electron chi connectivity index (χ1n) is 10.9. The third-order valence-electron chi connectivity index (χ3n) is 5.38. The van der Waals surface area contributed by atoms with Crippen molar-refractivity contribution >= 4 is 28.5 Å². The molecule has 0 aliphatic carbocycles. The molecule has 0 spiro atoms. The number of amides is 2. The number of methoxy groups -OCH3 is 2. The van der Waals surface area contributed by atoms with E-state index in [0.29, 0.717) is 52.4 Å². The lowest BCUT2D eigenvalue weighted by atomic mass is 10.1. The molecule has 0 saturated heterocycles. The number of hydrogen-bond donors (Lipinski definition) is 2. The Kier molecular flexibility index (Phi) is 7.06. The highest BCUT2D eigenvalue weighted by atomic mass is 16.5. The van der Waals surface area contributed by atoms with Gasteiger partial charge in [0.1, 0.15) is 11.5 Å². The van der Waals surface area contributed by atoms with Gasteiger partial charge in [0.2, 0.25) is 0 Å². The van der Waals surface area contributed by atoms with Crippen LogP contribution in [0.15, 0.2) is 73.6 Å². The van der Waals surface area contributed by atoms with Crippen LogP contribution in [0.3, 0.4) is 0 Å². The predicted octanol–water partition coefficient (Wildman–Crippen LogP) is 3.66. The minimum Gasteiger partial charge on any atom is -0.497 e. The van der Waals surface area contributed by atoms with Crippen LogP contribution in [0, 0.1) is 0 Å². The van der Waals surface area contributed by atoms with E-state index in [0.717, 1.165) is 5.56 Å². The number of carbonyl (C=O) groups excluding carboxylic acids is 2. The molecule has 0 fully saturated rings. The number of anilines is 1. The Balaban J connectivity index is 1.55. The quantitative estimate of drug-likeness (QED) is 0.361. The van der Waals surface area contributed by atoms with Crippen LogP contribution in [0.25, 0.3) is 11.0 Å². The molecule has 0 unspecified atom stereocenters. The van der Waals surface area contributed by atoms with Crippen LogP contribution in [0.4, 0.5) is 5.69 Å². The smallest absolute Gasteiger partial charge is 0.257 e.